The summed E-state index contributed by atoms with van der Waals surface area (Å²) >= 11 is 2.82. The summed E-state index contributed by atoms with van der Waals surface area (Å²) in [5.41, 5.74) is 8.68. The Morgan fingerprint density at radius 3 is 2.54 bits per heavy atom. The van der Waals surface area contributed by atoms with Crippen LogP contribution in [0.2, 0.25) is 0 Å². The number of anilines is 2. The van der Waals surface area contributed by atoms with Crippen molar-refractivity contribution in [1.82, 2.24) is 0 Å². The van der Waals surface area contributed by atoms with E-state index in [4.69, 9.17) is 5.73 Å². The Kier molecular flexibility index (Phi) is 5.61. The third kappa shape index (κ3) is 4.07. The molecule has 3 rings (SSSR count). The molecule has 0 aliphatic rings. The summed E-state index contributed by atoms with van der Waals surface area (Å²) in [5, 5.41) is 14.6. The third-order valence-corrected chi connectivity index (χ3v) is 5.79. The van der Waals surface area contributed by atoms with Gasteiger partial charge in [-0.2, -0.15) is 5.26 Å². The number of carbonyl (C=O) groups excluding carboxylic acids is 1. The Labute approximate surface area is 160 Å². The van der Waals surface area contributed by atoms with Gasteiger partial charge in [-0.3, -0.25) is 4.79 Å². The van der Waals surface area contributed by atoms with Crippen LogP contribution >= 0.6 is 23.1 Å². The lowest BCUT2D eigenvalue weighted by Crippen LogP contribution is -2.22. The molecule has 0 saturated carbocycles. The number of nitrogens with two attached hydrogens (primary N) is 1. The highest BCUT2D eigenvalue weighted by atomic mass is 32.2. The zero-order chi connectivity index (χ0) is 18.5. The second kappa shape index (κ2) is 8.09. The van der Waals surface area contributed by atoms with Crippen LogP contribution in [0.15, 0.2) is 64.9 Å². The molecular formula is C20H17N3OS2. The molecule has 1 atom stereocenters. The third-order valence-electron chi connectivity index (χ3n) is 3.79. The molecule has 3 N–H and O–H groups in total. The van der Waals surface area contributed by atoms with Crippen LogP contribution in [-0.2, 0) is 4.79 Å². The fourth-order valence-electron chi connectivity index (χ4n) is 2.41. The van der Waals surface area contributed by atoms with Crippen molar-refractivity contribution in [2.45, 2.75) is 17.1 Å². The van der Waals surface area contributed by atoms with Crippen molar-refractivity contribution < 1.29 is 4.79 Å². The number of carbonyl (C=O) groups is 1. The highest BCUT2D eigenvalue weighted by Gasteiger charge is 2.19. The molecule has 3 aromatic rings. The SMILES string of the molecule is CC(Sc1ccc(N)cc1)C(=O)Nc1scc(-c2ccccc2)c1C#N. The second-order valence-corrected chi connectivity index (χ2v) is 7.94. The fourth-order valence-corrected chi connectivity index (χ4v) is 4.20. The summed E-state index contributed by atoms with van der Waals surface area (Å²) in [5.74, 6) is -0.134. The number of nitrogen functional groups attached to an aromatic ring is 1. The summed E-state index contributed by atoms with van der Waals surface area (Å²) in [4.78, 5) is 13.5. The Morgan fingerprint density at radius 1 is 1.19 bits per heavy atom. The van der Waals surface area contributed by atoms with E-state index in [-0.39, 0.29) is 11.2 Å². The largest absolute Gasteiger partial charge is 0.399 e. The Bertz CT molecular complexity index is 943. The summed E-state index contributed by atoms with van der Waals surface area (Å²) < 4.78 is 0. The molecule has 0 aliphatic carbocycles. The van der Waals surface area contributed by atoms with E-state index in [0.29, 0.717) is 16.3 Å². The molecule has 1 amide bonds. The van der Waals surface area contributed by atoms with Crippen LogP contribution in [0.3, 0.4) is 0 Å². The number of nitrogens with one attached hydrogen (secondary N) is 1. The van der Waals surface area contributed by atoms with E-state index in [9.17, 15) is 10.1 Å². The van der Waals surface area contributed by atoms with E-state index in [1.165, 1.54) is 23.1 Å². The average molecular weight is 380 g/mol. The van der Waals surface area contributed by atoms with Crippen LogP contribution in [0.1, 0.15) is 12.5 Å². The molecule has 1 unspecified atom stereocenters. The van der Waals surface area contributed by atoms with E-state index in [1.54, 1.807) is 0 Å². The molecule has 6 heteroatoms. The summed E-state index contributed by atoms with van der Waals surface area (Å²) in [6, 6.07) is 19.3. The molecule has 0 bridgehead atoms. The summed E-state index contributed by atoms with van der Waals surface area (Å²) in [7, 11) is 0. The van der Waals surface area contributed by atoms with Crippen LogP contribution in [0.4, 0.5) is 10.7 Å². The first-order valence-corrected chi connectivity index (χ1v) is 9.74. The maximum Gasteiger partial charge on any atom is 0.238 e. The van der Waals surface area contributed by atoms with Gasteiger partial charge in [0.15, 0.2) is 0 Å². The number of nitriles is 1. The minimum Gasteiger partial charge on any atom is -0.399 e. The average Bonchev–Trinajstić information content (AvgIpc) is 3.06. The first-order valence-electron chi connectivity index (χ1n) is 7.98. The van der Waals surface area contributed by atoms with Crippen molar-refractivity contribution in [3.8, 4) is 17.2 Å². The molecule has 0 saturated heterocycles. The van der Waals surface area contributed by atoms with Crippen molar-refractivity contribution in [2.24, 2.45) is 0 Å². The Hall–Kier alpha value is -2.75. The van der Waals surface area contributed by atoms with E-state index < -0.39 is 0 Å². The fraction of sp³-hybridized carbons (Fsp3) is 0.100. The van der Waals surface area contributed by atoms with Gasteiger partial charge in [-0.25, -0.2) is 0 Å². The Balaban J connectivity index is 1.74. The van der Waals surface area contributed by atoms with E-state index >= 15 is 0 Å². The van der Waals surface area contributed by atoms with Crippen LogP contribution in [0, 0.1) is 11.3 Å². The molecule has 1 heterocycles. The molecular weight excluding hydrogens is 362 g/mol. The van der Waals surface area contributed by atoms with Crippen LogP contribution in [0.25, 0.3) is 11.1 Å². The molecule has 2 aromatic carbocycles. The lowest BCUT2D eigenvalue weighted by molar-refractivity contribution is -0.115. The van der Waals surface area contributed by atoms with Crippen LogP contribution < -0.4 is 11.1 Å². The summed E-state index contributed by atoms with van der Waals surface area (Å²) in [6.07, 6.45) is 0. The van der Waals surface area contributed by atoms with E-state index in [2.05, 4.69) is 11.4 Å². The number of hydrogen-bond acceptors (Lipinski definition) is 5. The van der Waals surface area contributed by atoms with Crippen molar-refractivity contribution in [3.05, 3.63) is 65.5 Å². The van der Waals surface area contributed by atoms with Crippen molar-refractivity contribution in [1.29, 1.82) is 5.26 Å². The number of hydrogen-bond donors (Lipinski definition) is 2. The molecule has 26 heavy (non-hydrogen) atoms. The lowest BCUT2D eigenvalue weighted by atomic mass is 10.1. The molecule has 130 valence electrons. The normalized spacial score (nSPS) is 11.5. The van der Waals surface area contributed by atoms with Gasteiger partial charge in [0.2, 0.25) is 5.91 Å². The molecule has 1 aromatic heterocycles. The van der Waals surface area contributed by atoms with Gasteiger partial charge >= 0.3 is 0 Å². The molecule has 0 radical (unpaired) electrons. The van der Waals surface area contributed by atoms with Gasteiger partial charge in [0.05, 0.1) is 10.8 Å². The Morgan fingerprint density at radius 2 is 1.88 bits per heavy atom. The number of thiophene rings is 1. The molecule has 0 spiro atoms. The van der Waals surface area contributed by atoms with Gasteiger partial charge in [-0.15, -0.1) is 23.1 Å². The number of amides is 1. The number of thioether (sulfide) groups is 1. The van der Waals surface area contributed by atoms with Crippen LogP contribution in [-0.4, -0.2) is 11.2 Å². The maximum absolute atomic E-state index is 12.5. The van der Waals surface area contributed by atoms with Gasteiger partial charge < -0.3 is 11.1 Å². The second-order valence-electron chi connectivity index (χ2n) is 5.65. The van der Waals surface area contributed by atoms with Gasteiger partial charge in [0, 0.05) is 21.5 Å². The maximum atomic E-state index is 12.5. The van der Waals surface area contributed by atoms with Gasteiger partial charge in [0.1, 0.15) is 11.1 Å². The quantitative estimate of drug-likeness (QED) is 0.483. The first kappa shape index (κ1) is 18.1. The monoisotopic (exact) mass is 379 g/mol. The highest BCUT2D eigenvalue weighted by Crippen LogP contribution is 2.35. The number of nitrogens with zero attached hydrogens (tertiary/aromatic N) is 1. The van der Waals surface area contributed by atoms with Gasteiger partial charge in [-0.05, 0) is 36.8 Å². The number of rotatable bonds is 5. The minimum atomic E-state index is -0.299. The van der Waals surface area contributed by atoms with E-state index in [0.717, 1.165) is 16.0 Å². The predicted octanol–water partition coefficient (Wildman–Crippen LogP) is 4.99. The number of benzene rings is 2. The molecule has 4 nitrogen and oxygen atoms in total. The smallest absolute Gasteiger partial charge is 0.238 e. The lowest BCUT2D eigenvalue weighted by Gasteiger charge is -2.11. The standard InChI is InChI=1S/C20H17N3OS2/c1-13(26-16-9-7-15(22)8-10-16)19(24)23-20-17(11-21)18(12-25-20)14-5-3-2-4-6-14/h2-10,12-13H,22H2,1H3,(H,23,24). The zero-order valence-electron chi connectivity index (χ0n) is 14.1. The van der Waals surface area contributed by atoms with Crippen molar-refractivity contribution >= 4 is 39.7 Å². The minimum absolute atomic E-state index is 0.134. The predicted molar refractivity (Wildman–Crippen MR) is 109 cm³/mol. The van der Waals surface area contributed by atoms with Crippen molar-refractivity contribution in [2.75, 3.05) is 11.1 Å². The highest BCUT2D eigenvalue weighted by molar-refractivity contribution is 8.00. The zero-order valence-corrected chi connectivity index (χ0v) is 15.7. The first-order chi connectivity index (χ1) is 12.6. The molecule has 0 aliphatic heterocycles. The van der Waals surface area contributed by atoms with Gasteiger partial charge in [0.25, 0.3) is 0 Å². The van der Waals surface area contributed by atoms with E-state index in [1.807, 2.05) is 66.9 Å². The summed E-state index contributed by atoms with van der Waals surface area (Å²) in [6.45, 7) is 1.84. The molecule has 0 fully saturated rings. The van der Waals surface area contributed by atoms with Crippen molar-refractivity contribution in [3.63, 3.8) is 0 Å². The van der Waals surface area contributed by atoms with Crippen LogP contribution in [0.5, 0.6) is 0 Å². The van der Waals surface area contributed by atoms with Gasteiger partial charge in [-0.1, -0.05) is 30.3 Å². The topological polar surface area (TPSA) is 78.9 Å².